The lowest BCUT2D eigenvalue weighted by Gasteiger charge is -2.24. The first-order chi connectivity index (χ1) is 10.1. The largest absolute Gasteiger partial charge is 0.322 e. The summed E-state index contributed by atoms with van der Waals surface area (Å²) in [5.74, 6) is 0.630. The van der Waals surface area contributed by atoms with Crippen LogP contribution in [0.1, 0.15) is 43.4 Å². The van der Waals surface area contributed by atoms with Gasteiger partial charge in [-0.2, -0.15) is 0 Å². The van der Waals surface area contributed by atoms with Gasteiger partial charge in [0.2, 0.25) is 0 Å². The van der Waals surface area contributed by atoms with E-state index >= 15 is 0 Å². The summed E-state index contributed by atoms with van der Waals surface area (Å²) in [4.78, 5) is 7.18. The number of hydrogen-bond donors (Lipinski definition) is 0. The lowest BCUT2D eigenvalue weighted by Crippen LogP contribution is -2.28. The number of nitrogens with zero attached hydrogens (tertiary/aromatic N) is 3. The molecule has 0 N–H and O–H groups in total. The molecule has 3 heterocycles. The van der Waals surface area contributed by atoms with E-state index < -0.39 is 0 Å². The molecule has 2 fully saturated rings. The van der Waals surface area contributed by atoms with E-state index in [-0.39, 0.29) is 11.2 Å². The van der Waals surface area contributed by atoms with Crippen molar-refractivity contribution in [3.05, 3.63) is 29.8 Å². The third kappa shape index (κ3) is 2.08. The topological polar surface area (TPSA) is 21.1 Å². The summed E-state index contributed by atoms with van der Waals surface area (Å²) in [5, 5.41) is -0.170. The molecule has 2 aliphatic rings. The molecule has 112 valence electrons. The lowest BCUT2D eigenvalue weighted by molar-refractivity contribution is 0.290. The van der Waals surface area contributed by atoms with Crippen LogP contribution in [0.15, 0.2) is 18.2 Å². The molecule has 4 rings (SSSR count). The molecule has 0 amide bonds. The quantitative estimate of drug-likeness (QED) is 0.785. The number of fused-ring (bicyclic) bond motifs is 2. The highest BCUT2D eigenvalue weighted by atomic mass is 35.5. The Morgan fingerprint density at radius 2 is 2.14 bits per heavy atom. The molecular weight excluding hydrogens is 289 g/mol. The maximum Gasteiger partial charge on any atom is 0.128 e. The second-order valence-corrected chi connectivity index (χ2v) is 6.85. The lowest BCUT2D eigenvalue weighted by atomic mass is 10.1. The standard InChI is InChI=1S/C16H19ClFN3/c1-10(17)16-19-12-9-11(18)4-5-13(12)21(16)15-6-8-20-7-2-3-14(15)20/h4-5,9-10,14-15H,2-3,6-8H2,1H3. The van der Waals surface area contributed by atoms with Gasteiger partial charge >= 0.3 is 0 Å². The van der Waals surface area contributed by atoms with Crippen LogP contribution in [-0.2, 0) is 0 Å². The van der Waals surface area contributed by atoms with Crippen LogP contribution in [0.5, 0.6) is 0 Å². The van der Waals surface area contributed by atoms with Gasteiger partial charge in [-0.05, 0) is 44.9 Å². The van der Waals surface area contributed by atoms with E-state index in [1.54, 1.807) is 0 Å². The van der Waals surface area contributed by atoms with Gasteiger partial charge in [0, 0.05) is 18.7 Å². The zero-order chi connectivity index (χ0) is 14.6. The first kappa shape index (κ1) is 13.5. The zero-order valence-corrected chi connectivity index (χ0v) is 12.9. The summed E-state index contributed by atoms with van der Waals surface area (Å²) in [7, 11) is 0. The number of aromatic nitrogens is 2. The van der Waals surface area contributed by atoms with Crippen LogP contribution in [0.2, 0.25) is 0 Å². The number of alkyl halides is 1. The highest BCUT2D eigenvalue weighted by Gasteiger charge is 2.39. The monoisotopic (exact) mass is 307 g/mol. The predicted octanol–water partition coefficient (Wildman–Crippen LogP) is 3.88. The fraction of sp³-hybridized carbons (Fsp3) is 0.562. The van der Waals surface area contributed by atoms with E-state index in [0.29, 0.717) is 17.6 Å². The molecule has 2 aromatic rings. The summed E-state index contributed by atoms with van der Waals surface area (Å²) >= 11 is 6.35. The van der Waals surface area contributed by atoms with E-state index in [4.69, 9.17) is 11.6 Å². The van der Waals surface area contributed by atoms with Crippen molar-refractivity contribution in [2.45, 2.75) is 43.6 Å². The van der Waals surface area contributed by atoms with Crippen LogP contribution in [0, 0.1) is 5.82 Å². The number of imidazole rings is 1. The van der Waals surface area contributed by atoms with Gasteiger partial charge in [-0.15, -0.1) is 11.6 Å². The minimum Gasteiger partial charge on any atom is -0.322 e. The minimum absolute atomic E-state index is 0.170. The Balaban J connectivity index is 1.88. The molecule has 2 saturated heterocycles. The Labute approximate surface area is 128 Å². The van der Waals surface area contributed by atoms with Gasteiger partial charge in [0.1, 0.15) is 11.6 Å². The molecule has 0 saturated carbocycles. The van der Waals surface area contributed by atoms with E-state index in [1.807, 2.05) is 13.0 Å². The molecule has 21 heavy (non-hydrogen) atoms. The third-order valence-corrected chi connectivity index (χ3v) is 5.13. The molecule has 2 aliphatic heterocycles. The van der Waals surface area contributed by atoms with E-state index in [9.17, 15) is 4.39 Å². The second kappa shape index (κ2) is 4.96. The van der Waals surface area contributed by atoms with Crippen LogP contribution >= 0.6 is 11.6 Å². The highest BCUT2D eigenvalue weighted by Crippen LogP contribution is 2.40. The molecule has 3 unspecified atom stereocenters. The maximum atomic E-state index is 13.5. The Hall–Kier alpha value is -1.13. The summed E-state index contributed by atoms with van der Waals surface area (Å²) in [6.07, 6.45) is 3.64. The Bertz CT molecular complexity index is 681. The van der Waals surface area contributed by atoms with Crippen molar-refractivity contribution in [3.63, 3.8) is 0 Å². The van der Waals surface area contributed by atoms with Crippen LogP contribution in [-0.4, -0.2) is 33.6 Å². The van der Waals surface area contributed by atoms with Gasteiger partial charge in [0.05, 0.1) is 22.5 Å². The summed E-state index contributed by atoms with van der Waals surface area (Å²) in [5.41, 5.74) is 1.73. The summed E-state index contributed by atoms with van der Waals surface area (Å²) < 4.78 is 15.8. The number of rotatable bonds is 2. The van der Waals surface area contributed by atoms with Gasteiger partial charge in [-0.3, -0.25) is 4.90 Å². The molecular formula is C16H19ClFN3. The molecule has 3 atom stereocenters. The normalized spacial score (nSPS) is 27.4. The minimum atomic E-state index is -0.241. The van der Waals surface area contributed by atoms with E-state index in [0.717, 1.165) is 24.3 Å². The third-order valence-electron chi connectivity index (χ3n) is 4.94. The van der Waals surface area contributed by atoms with Crippen molar-refractivity contribution < 1.29 is 4.39 Å². The van der Waals surface area contributed by atoms with Gasteiger partial charge in [-0.25, -0.2) is 9.37 Å². The molecule has 1 aromatic carbocycles. The molecule has 3 nitrogen and oxygen atoms in total. The van der Waals surface area contributed by atoms with Crippen LogP contribution in [0.3, 0.4) is 0 Å². The van der Waals surface area contributed by atoms with Crippen LogP contribution < -0.4 is 0 Å². The number of halogens is 2. The summed E-state index contributed by atoms with van der Waals surface area (Å²) in [6, 6.07) is 5.87. The number of hydrogen-bond acceptors (Lipinski definition) is 2. The first-order valence-corrected chi connectivity index (χ1v) is 8.14. The molecule has 5 heteroatoms. The SMILES string of the molecule is CC(Cl)c1nc2cc(F)ccc2n1C1CCN2CCCC12. The van der Waals surface area contributed by atoms with E-state index in [2.05, 4.69) is 14.5 Å². The van der Waals surface area contributed by atoms with Gasteiger partial charge in [-0.1, -0.05) is 0 Å². The maximum absolute atomic E-state index is 13.5. The number of benzene rings is 1. The predicted molar refractivity (Wildman–Crippen MR) is 82.2 cm³/mol. The fourth-order valence-corrected chi connectivity index (χ4v) is 4.23. The average Bonchev–Trinajstić information content (AvgIpc) is 3.10. The Morgan fingerprint density at radius 1 is 1.29 bits per heavy atom. The second-order valence-electron chi connectivity index (χ2n) is 6.19. The molecule has 0 bridgehead atoms. The Kier molecular flexibility index (Phi) is 3.19. The van der Waals surface area contributed by atoms with Crippen LogP contribution in [0.25, 0.3) is 11.0 Å². The van der Waals surface area contributed by atoms with Crippen LogP contribution in [0.4, 0.5) is 4.39 Å². The van der Waals surface area contributed by atoms with Crippen molar-refractivity contribution in [3.8, 4) is 0 Å². The fourth-order valence-electron chi connectivity index (χ4n) is 4.08. The first-order valence-electron chi connectivity index (χ1n) is 7.70. The summed E-state index contributed by atoms with van der Waals surface area (Å²) in [6.45, 7) is 4.29. The molecule has 0 aliphatic carbocycles. The van der Waals surface area contributed by atoms with E-state index in [1.165, 1.54) is 31.5 Å². The smallest absolute Gasteiger partial charge is 0.128 e. The molecule has 0 spiro atoms. The van der Waals surface area contributed by atoms with Gasteiger partial charge < -0.3 is 4.57 Å². The van der Waals surface area contributed by atoms with Crippen molar-refractivity contribution in [2.24, 2.45) is 0 Å². The van der Waals surface area contributed by atoms with Crippen molar-refractivity contribution in [2.75, 3.05) is 13.1 Å². The van der Waals surface area contributed by atoms with Gasteiger partial charge in [0.25, 0.3) is 0 Å². The Morgan fingerprint density at radius 3 is 2.95 bits per heavy atom. The molecule has 0 radical (unpaired) electrons. The van der Waals surface area contributed by atoms with Crippen molar-refractivity contribution >= 4 is 22.6 Å². The van der Waals surface area contributed by atoms with Crippen molar-refractivity contribution in [1.82, 2.24) is 14.5 Å². The molecule has 1 aromatic heterocycles. The van der Waals surface area contributed by atoms with Gasteiger partial charge in [0.15, 0.2) is 0 Å². The zero-order valence-electron chi connectivity index (χ0n) is 12.1. The average molecular weight is 308 g/mol. The van der Waals surface area contributed by atoms with Crippen molar-refractivity contribution in [1.29, 1.82) is 0 Å². The highest BCUT2D eigenvalue weighted by molar-refractivity contribution is 6.20.